The molecule has 2 N–H and O–H groups in total. The van der Waals surface area contributed by atoms with Gasteiger partial charge in [0.1, 0.15) is 11.6 Å². The molecule has 2 rings (SSSR count). The van der Waals surface area contributed by atoms with E-state index < -0.39 is 28.5 Å². The fourth-order valence-corrected chi connectivity index (χ4v) is 1.90. The minimum Gasteiger partial charge on any atom is -0.319 e. The highest BCUT2D eigenvalue weighted by molar-refractivity contribution is 6.04. The quantitative estimate of drug-likeness (QED) is 0.785. The van der Waals surface area contributed by atoms with E-state index in [9.17, 15) is 13.6 Å². The highest BCUT2D eigenvalue weighted by Crippen LogP contribution is 2.34. The maximum Gasteiger partial charge on any atom is 0.188 e. The Balaban J connectivity index is 2.47. The first-order chi connectivity index (χ1) is 7.46. The van der Waals surface area contributed by atoms with Crippen LogP contribution in [0.15, 0.2) is 12.1 Å². The van der Waals surface area contributed by atoms with Crippen LogP contribution in [0.2, 0.25) is 0 Å². The highest BCUT2D eigenvalue weighted by atomic mass is 19.1. The van der Waals surface area contributed by atoms with Gasteiger partial charge in [0.15, 0.2) is 5.78 Å². The number of nitrogens with two attached hydrogens (primary N) is 1. The van der Waals surface area contributed by atoms with E-state index in [1.807, 2.05) is 0 Å². The zero-order chi connectivity index (χ0) is 11.9. The van der Waals surface area contributed by atoms with Gasteiger partial charge in [-0.05, 0) is 37.8 Å². The molecule has 0 heterocycles. The molecule has 86 valence electrons. The van der Waals surface area contributed by atoms with Crippen molar-refractivity contribution in [2.45, 2.75) is 31.7 Å². The van der Waals surface area contributed by atoms with E-state index >= 15 is 0 Å². The maximum absolute atomic E-state index is 13.7. The molecule has 0 radical (unpaired) electrons. The lowest BCUT2D eigenvalue weighted by Gasteiger charge is -2.36. The summed E-state index contributed by atoms with van der Waals surface area (Å²) in [5.41, 5.74) is 4.50. The van der Waals surface area contributed by atoms with E-state index in [0.29, 0.717) is 12.8 Å². The van der Waals surface area contributed by atoms with Gasteiger partial charge in [-0.1, -0.05) is 6.07 Å². The summed E-state index contributed by atoms with van der Waals surface area (Å²) in [4.78, 5) is 11.9. The van der Waals surface area contributed by atoms with Gasteiger partial charge in [-0.2, -0.15) is 0 Å². The van der Waals surface area contributed by atoms with Gasteiger partial charge in [0.2, 0.25) is 0 Å². The van der Waals surface area contributed by atoms with Gasteiger partial charge in [0.05, 0.1) is 11.1 Å². The Morgan fingerprint density at radius 3 is 2.50 bits per heavy atom. The molecule has 4 heteroatoms. The van der Waals surface area contributed by atoms with E-state index in [1.54, 1.807) is 0 Å². The summed E-state index contributed by atoms with van der Waals surface area (Å²) < 4.78 is 27.1. The summed E-state index contributed by atoms with van der Waals surface area (Å²) in [6.07, 6.45) is 1.83. The number of hydrogen-bond donors (Lipinski definition) is 1. The molecule has 0 unspecified atom stereocenters. The summed E-state index contributed by atoms with van der Waals surface area (Å²) in [5.74, 6) is -2.23. The summed E-state index contributed by atoms with van der Waals surface area (Å²) >= 11 is 0. The lowest BCUT2D eigenvalue weighted by molar-refractivity contribution is 0.0791. The minimum absolute atomic E-state index is 0.257. The normalized spacial score (nSPS) is 18.0. The lowest BCUT2D eigenvalue weighted by Crippen LogP contribution is -2.54. The van der Waals surface area contributed by atoms with Crippen LogP contribution < -0.4 is 5.73 Å². The van der Waals surface area contributed by atoms with Crippen molar-refractivity contribution < 1.29 is 13.6 Å². The van der Waals surface area contributed by atoms with Crippen LogP contribution in [-0.4, -0.2) is 11.3 Å². The van der Waals surface area contributed by atoms with Crippen LogP contribution in [0.3, 0.4) is 0 Å². The number of Topliss-reactive ketones (excluding diaryl/α,β-unsaturated/α-hetero) is 1. The fraction of sp³-hybridized carbons (Fsp3) is 0.417. The van der Waals surface area contributed by atoms with Gasteiger partial charge in [0, 0.05) is 0 Å². The summed E-state index contributed by atoms with van der Waals surface area (Å²) in [6.45, 7) is 1.50. The van der Waals surface area contributed by atoms with Crippen molar-refractivity contribution in [1.82, 2.24) is 0 Å². The second kappa shape index (κ2) is 3.63. The molecule has 1 aromatic rings. The molecule has 16 heavy (non-hydrogen) atoms. The molecule has 0 spiro atoms. The predicted octanol–water partition coefficient (Wildman–Crippen LogP) is 2.34. The van der Waals surface area contributed by atoms with E-state index in [1.165, 1.54) is 13.0 Å². The Bertz CT molecular complexity index is 453. The first-order valence-electron chi connectivity index (χ1n) is 5.24. The second-order valence-corrected chi connectivity index (χ2v) is 4.39. The van der Waals surface area contributed by atoms with Crippen molar-refractivity contribution in [3.8, 4) is 0 Å². The standard InChI is InChI=1S/C12H13F2NO/c1-7-3-4-8(13)9(10(7)14)11(16)12(15)5-2-6-12/h3-4H,2,5-6,15H2,1H3. The largest absolute Gasteiger partial charge is 0.319 e. The van der Waals surface area contributed by atoms with Crippen molar-refractivity contribution in [2.24, 2.45) is 5.73 Å². The van der Waals surface area contributed by atoms with E-state index in [0.717, 1.165) is 12.5 Å². The molecule has 1 aliphatic carbocycles. The zero-order valence-corrected chi connectivity index (χ0v) is 9.02. The van der Waals surface area contributed by atoms with Gasteiger partial charge in [-0.25, -0.2) is 8.78 Å². The van der Waals surface area contributed by atoms with Crippen molar-refractivity contribution in [3.63, 3.8) is 0 Å². The molecular weight excluding hydrogens is 212 g/mol. The Labute approximate surface area is 92.4 Å². The van der Waals surface area contributed by atoms with E-state index in [2.05, 4.69) is 0 Å². The molecule has 1 aromatic carbocycles. The number of hydrogen-bond acceptors (Lipinski definition) is 2. The molecule has 1 fully saturated rings. The molecule has 2 nitrogen and oxygen atoms in total. The molecule has 1 saturated carbocycles. The van der Waals surface area contributed by atoms with Crippen molar-refractivity contribution >= 4 is 5.78 Å². The molecule has 0 amide bonds. The average molecular weight is 225 g/mol. The Morgan fingerprint density at radius 2 is 2.00 bits per heavy atom. The van der Waals surface area contributed by atoms with Crippen LogP contribution >= 0.6 is 0 Å². The maximum atomic E-state index is 13.7. The SMILES string of the molecule is Cc1ccc(F)c(C(=O)C2(N)CCC2)c1F. The number of halogens is 2. The van der Waals surface area contributed by atoms with Gasteiger partial charge < -0.3 is 5.73 Å². The van der Waals surface area contributed by atoms with E-state index in [-0.39, 0.29) is 5.56 Å². The van der Waals surface area contributed by atoms with Crippen molar-refractivity contribution in [1.29, 1.82) is 0 Å². The summed E-state index contributed by atoms with van der Waals surface area (Å²) in [5, 5.41) is 0. The molecule has 1 aliphatic rings. The molecule has 0 aliphatic heterocycles. The summed E-state index contributed by atoms with van der Waals surface area (Å²) in [7, 11) is 0. The first kappa shape index (κ1) is 11.2. The van der Waals surface area contributed by atoms with Crippen LogP contribution in [0.1, 0.15) is 35.2 Å². The number of rotatable bonds is 2. The predicted molar refractivity (Wildman–Crippen MR) is 56.2 cm³/mol. The van der Waals surface area contributed by atoms with Crippen molar-refractivity contribution in [2.75, 3.05) is 0 Å². The molecule has 0 saturated heterocycles. The van der Waals surface area contributed by atoms with Gasteiger partial charge >= 0.3 is 0 Å². The van der Waals surface area contributed by atoms with Gasteiger partial charge in [-0.15, -0.1) is 0 Å². The van der Waals surface area contributed by atoms with Crippen LogP contribution in [0.5, 0.6) is 0 Å². The lowest BCUT2D eigenvalue weighted by atomic mass is 9.72. The number of benzene rings is 1. The first-order valence-corrected chi connectivity index (χ1v) is 5.24. The van der Waals surface area contributed by atoms with E-state index in [4.69, 9.17) is 5.73 Å². The average Bonchev–Trinajstić information content (AvgIpc) is 2.20. The summed E-state index contributed by atoms with van der Waals surface area (Å²) in [6, 6.07) is 2.42. The Hall–Kier alpha value is -1.29. The van der Waals surface area contributed by atoms with Crippen LogP contribution in [0, 0.1) is 18.6 Å². The van der Waals surface area contributed by atoms with Crippen LogP contribution in [0.4, 0.5) is 8.78 Å². The molecule has 0 bridgehead atoms. The monoisotopic (exact) mass is 225 g/mol. The van der Waals surface area contributed by atoms with Gasteiger partial charge in [0.25, 0.3) is 0 Å². The molecular formula is C12H13F2NO. The Morgan fingerprint density at radius 1 is 1.38 bits per heavy atom. The second-order valence-electron chi connectivity index (χ2n) is 4.39. The Kier molecular flexibility index (Phi) is 2.54. The number of carbonyl (C=O) groups is 1. The number of carbonyl (C=O) groups excluding carboxylic acids is 1. The molecule has 0 atom stereocenters. The topological polar surface area (TPSA) is 43.1 Å². The third-order valence-electron chi connectivity index (χ3n) is 3.21. The third-order valence-corrected chi connectivity index (χ3v) is 3.21. The van der Waals surface area contributed by atoms with Crippen LogP contribution in [-0.2, 0) is 0 Å². The molecule has 0 aromatic heterocycles. The van der Waals surface area contributed by atoms with Crippen LogP contribution in [0.25, 0.3) is 0 Å². The van der Waals surface area contributed by atoms with Gasteiger partial charge in [-0.3, -0.25) is 4.79 Å². The fourth-order valence-electron chi connectivity index (χ4n) is 1.90. The van der Waals surface area contributed by atoms with Crippen molar-refractivity contribution in [3.05, 3.63) is 34.9 Å². The number of ketones is 1. The minimum atomic E-state index is -1.06. The highest BCUT2D eigenvalue weighted by Gasteiger charge is 2.42. The third kappa shape index (κ3) is 1.53. The zero-order valence-electron chi connectivity index (χ0n) is 9.02. The number of aryl methyl sites for hydroxylation is 1. The smallest absolute Gasteiger partial charge is 0.188 e.